The molecule has 0 radical (unpaired) electrons. The molecule has 9 unspecified atom stereocenters. The van der Waals surface area contributed by atoms with Crippen LogP contribution in [0.15, 0.2) is 85.7 Å². The van der Waals surface area contributed by atoms with E-state index < -0.39 is 144 Å². The third-order valence-electron chi connectivity index (χ3n) is 20.6. The number of ether oxygens (including phenoxy) is 2. The summed E-state index contributed by atoms with van der Waals surface area (Å²) in [6.45, 7) is 14.1. The number of nitrogens with one attached hydrogen (secondary N) is 10. The van der Waals surface area contributed by atoms with E-state index in [2.05, 4.69) is 63.1 Å². The van der Waals surface area contributed by atoms with Crippen LogP contribution in [0.2, 0.25) is 0 Å². The number of Topliss-reactive ketones (excluding diaryl/α,β-unsaturated/α-hetero) is 1. The van der Waals surface area contributed by atoms with Crippen LogP contribution in [0.4, 0.5) is 0 Å². The summed E-state index contributed by atoms with van der Waals surface area (Å²) in [6.07, 6.45) is 25.4. The zero-order valence-corrected chi connectivity index (χ0v) is 67.9. The summed E-state index contributed by atoms with van der Waals surface area (Å²) in [5, 5.41) is 38.3. The van der Waals surface area contributed by atoms with Crippen molar-refractivity contribution in [3.8, 4) is 0 Å². The quantitative estimate of drug-likeness (QED) is 0.0254. The van der Waals surface area contributed by atoms with Crippen LogP contribution < -0.4 is 53.2 Å². The molecule has 11 N–H and O–H groups in total. The molecule has 2 fully saturated rings. The van der Waals surface area contributed by atoms with E-state index in [0.29, 0.717) is 48.2 Å². The monoisotopic (exact) mass is 1580 g/mol. The predicted molar refractivity (Wildman–Crippen MR) is 425 cm³/mol. The molecule has 4 aromatic rings. The van der Waals surface area contributed by atoms with Gasteiger partial charge in [0.05, 0.1) is 49.2 Å². The molecule has 2 aliphatic carbocycles. The lowest BCUT2D eigenvalue weighted by atomic mass is 9.83. The molecule has 2 saturated carbocycles. The van der Waals surface area contributed by atoms with Crippen molar-refractivity contribution < 1.29 is 76.9 Å². The van der Waals surface area contributed by atoms with Crippen LogP contribution in [0.5, 0.6) is 0 Å². The topological polar surface area (TPSA) is 417 Å². The van der Waals surface area contributed by atoms with Gasteiger partial charge in [-0.2, -0.15) is 0 Å². The molecule has 4 heterocycles. The van der Waals surface area contributed by atoms with Gasteiger partial charge in [-0.05, 0) is 129 Å². The van der Waals surface area contributed by atoms with Crippen molar-refractivity contribution in [2.45, 2.75) is 314 Å². The molecule has 4 bridgehead atoms. The first-order valence-corrected chi connectivity index (χ1v) is 41.2. The smallest absolute Gasteiger partial charge is 0.333 e. The number of aryl methyl sites for hydroxylation is 2. The second-order valence-electron chi connectivity index (χ2n) is 32.5. The number of carbonyl (C=O) groups excluding carboxylic acids is 13. The Bertz CT molecular complexity index is 3800. The number of hydrogen-bond donors (Lipinski definition) is 11. The van der Waals surface area contributed by atoms with E-state index in [0.717, 1.165) is 142 Å². The average Bonchev–Trinajstić information content (AvgIpc) is 1.36. The Morgan fingerprint density at radius 2 is 0.895 bits per heavy atom. The van der Waals surface area contributed by atoms with Gasteiger partial charge in [0, 0.05) is 51.2 Å². The summed E-state index contributed by atoms with van der Waals surface area (Å²) < 4.78 is 14.9. The molecule has 0 saturated heterocycles. The first kappa shape index (κ1) is 91.3. The van der Waals surface area contributed by atoms with Gasteiger partial charge in [0.25, 0.3) is 11.8 Å². The molecule has 9 atom stereocenters. The van der Waals surface area contributed by atoms with Gasteiger partial charge < -0.3 is 76.9 Å². The van der Waals surface area contributed by atoms with Crippen LogP contribution in [0.3, 0.4) is 0 Å². The fraction of sp³-hybridized carbons (Fsp3) is 0.631. The van der Waals surface area contributed by atoms with Gasteiger partial charge in [0.15, 0.2) is 18.2 Å². The van der Waals surface area contributed by atoms with E-state index in [1.807, 2.05) is 28.5 Å². The van der Waals surface area contributed by atoms with Crippen molar-refractivity contribution in [3.05, 3.63) is 108 Å². The lowest BCUT2D eigenvalue weighted by Crippen LogP contribution is -2.59. The minimum absolute atomic E-state index is 0.00946. The van der Waals surface area contributed by atoms with E-state index in [4.69, 9.17) is 9.47 Å². The van der Waals surface area contributed by atoms with Crippen molar-refractivity contribution in [3.63, 3.8) is 0 Å². The van der Waals surface area contributed by atoms with Crippen molar-refractivity contribution in [1.82, 2.24) is 72.3 Å². The minimum Gasteiger partial charge on any atom is -0.458 e. The molecule has 2 aromatic carbocycles. The molecule has 2 aromatic heterocycles. The van der Waals surface area contributed by atoms with Crippen LogP contribution in [0, 0.1) is 11.8 Å². The van der Waals surface area contributed by atoms with Crippen LogP contribution in [-0.4, -0.2) is 168 Å². The number of aliphatic hydroxyl groups excluding tert-OH is 1. The molecule has 8 rings (SSSR count). The highest BCUT2D eigenvalue weighted by Crippen LogP contribution is 2.30. The summed E-state index contributed by atoms with van der Waals surface area (Å²) in [6, 6.07) is 8.44. The Labute approximate surface area is 670 Å². The number of ketones is 1. The Morgan fingerprint density at radius 1 is 0.500 bits per heavy atom. The first-order valence-electron chi connectivity index (χ1n) is 41.2. The Kier molecular flexibility index (Phi) is 37.2. The van der Waals surface area contributed by atoms with Gasteiger partial charge in [-0.15, -0.1) is 0 Å². The zero-order valence-electron chi connectivity index (χ0n) is 67.9. The maximum atomic E-state index is 14.1. The highest BCUT2D eigenvalue weighted by Gasteiger charge is 2.39. The Morgan fingerprint density at radius 3 is 1.32 bits per heavy atom. The molecule has 10 amide bonds. The molecule has 30 heteroatoms. The lowest BCUT2D eigenvalue weighted by molar-refractivity contribution is -0.159. The van der Waals surface area contributed by atoms with E-state index in [1.54, 1.807) is 122 Å². The number of imidazole rings is 2. The SMILES string of the molecule is CCCC(NC(=O)C1Cc2cn(cn2)CCCCCCCC(=O)NC(C2CCCCC2)C(=O)N1)C(=O)C(=O)NCC(=O)NC(C(=O)OC(C)(C)C)c1ccccc1.CCCC(NC(=O)C1Cc2cn(cn2)CCCCCCCC(=O)NC(C2CCCCC2)C(=O)N1)C(O)C(=O)NCC(=O)NC(C(=O)OC(C)(C)C)c1ccccc1. The third-order valence-corrected chi connectivity index (χ3v) is 20.6. The standard InChI is InChI=1S/C42H63N7O8.C42H61N7O8/c2*1-5-17-31(37(52)40(55)43-25-34(51)48-36(29-20-13-10-14-21-29)41(56)57-42(2,3)4)45-38(53)32-24-30-26-49(27-44-30)23-16-8-6-7-15-22-33(50)47-35(39(54)46-32)28-18-11-9-12-19-28/h10,13-14,20-21,26-28,31-32,35-37,52H,5-9,11-12,15-19,22-25H2,1-4H3,(H,43,55)(H,45,53)(H,46,54)(H,47,50)(H,48,51);10,13-14,20-21,26-28,31-32,35-36H,5-9,11-12,15-19,22-25H2,1-4H3,(H,43,55)(H,45,53)(H,46,54)(H,47,50)(H,48,51). The Balaban J connectivity index is 0.000000316. The molecular formula is C84H124N14O16. The fourth-order valence-electron chi connectivity index (χ4n) is 14.7. The van der Waals surface area contributed by atoms with Gasteiger partial charge in [-0.3, -0.25) is 52.7 Å². The summed E-state index contributed by atoms with van der Waals surface area (Å²) in [5.41, 5.74) is 0.459. The van der Waals surface area contributed by atoms with Crippen LogP contribution in [0.25, 0.3) is 0 Å². The molecule has 626 valence electrons. The second-order valence-corrected chi connectivity index (χ2v) is 32.5. The summed E-state index contributed by atoms with van der Waals surface area (Å²) in [4.78, 5) is 183. The van der Waals surface area contributed by atoms with Gasteiger partial charge in [0.2, 0.25) is 53.0 Å². The highest BCUT2D eigenvalue weighted by molar-refractivity contribution is 6.38. The maximum absolute atomic E-state index is 14.1. The van der Waals surface area contributed by atoms with E-state index >= 15 is 0 Å². The fourth-order valence-corrected chi connectivity index (χ4v) is 14.7. The number of amides is 10. The third kappa shape index (κ3) is 31.5. The van der Waals surface area contributed by atoms with Crippen molar-refractivity contribution in [1.29, 1.82) is 0 Å². The average molecular weight is 1590 g/mol. The summed E-state index contributed by atoms with van der Waals surface area (Å²) in [7, 11) is 0. The number of nitrogens with zero attached hydrogens (tertiary/aromatic N) is 4. The number of hydrogen-bond acceptors (Lipinski definition) is 18. The van der Waals surface area contributed by atoms with Crippen LogP contribution in [0.1, 0.15) is 257 Å². The molecule has 0 spiro atoms. The second kappa shape index (κ2) is 46.5. The van der Waals surface area contributed by atoms with Gasteiger partial charge >= 0.3 is 11.9 Å². The van der Waals surface area contributed by atoms with Crippen molar-refractivity contribution >= 4 is 76.8 Å². The van der Waals surface area contributed by atoms with Crippen LogP contribution in [-0.2, 0) is 97.7 Å². The summed E-state index contributed by atoms with van der Waals surface area (Å²) >= 11 is 0. The van der Waals surface area contributed by atoms with Gasteiger partial charge in [0.1, 0.15) is 35.4 Å². The molecule has 30 nitrogen and oxygen atoms in total. The van der Waals surface area contributed by atoms with Crippen LogP contribution >= 0.6 is 0 Å². The van der Waals surface area contributed by atoms with Gasteiger partial charge in [-0.1, -0.05) is 164 Å². The summed E-state index contributed by atoms with van der Waals surface area (Å²) in [5.74, 6) is -8.61. The van der Waals surface area contributed by atoms with Gasteiger partial charge in [-0.25, -0.2) is 19.6 Å². The number of fused-ring (bicyclic) bond motifs is 4. The number of aromatic nitrogens is 4. The number of esters is 2. The normalized spacial score (nSPS) is 20.4. The Hall–Kier alpha value is -9.87. The molecule has 2 aliphatic heterocycles. The van der Waals surface area contributed by atoms with Crippen molar-refractivity contribution in [2.24, 2.45) is 11.8 Å². The number of benzene rings is 2. The predicted octanol–water partition coefficient (Wildman–Crippen LogP) is 6.79. The zero-order chi connectivity index (χ0) is 82.7. The molecule has 4 aliphatic rings. The minimum atomic E-state index is -1.75. The van der Waals surface area contributed by atoms with E-state index in [-0.39, 0.29) is 49.3 Å². The maximum Gasteiger partial charge on any atom is 0.333 e. The number of aliphatic hydroxyl groups is 1. The van der Waals surface area contributed by atoms with E-state index in [1.165, 1.54) is 0 Å². The lowest BCUT2D eigenvalue weighted by Gasteiger charge is -2.32. The largest absolute Gasteiger partial charge is 0.458 e. The highest BCUT2D eigenvalue weighted by atomic mass is 16.6. The number of rotatable bonds is 24. The first-order chi connectivity index (χ1) is 54.5. The van der Waals surface area contributed by atoms with E-state index in [9.17, 15) is 67.4 Å². The van der Waals surface area contributed by atoms with Crippen molar-refractivity contribution in [2.75, 3.05) is 13.1 Å². The molecule has 114 heavy (non-hydrogen) atoms. The number of carbonyl (C=O) groups is 13. The molecular weight excluding hydrogens is 1460 g/mol.